The summed E-state index contributed by atoms with van der Waals surface area (Å²) in [6.45, 7) is 8.28. The van der Waals surface area contributed by atoms with E-state index in [1.54, 1.807) is 6.92 Å². The highest BCUT2D eigenvalue weighted by Gasteiger charge is 2.26. The van der Waals surface area contributed by atoms with Crippen molar-refractivity contribution < 1.29 is 10.2 Å². The van der Waals surface area contributed by atoms with Crippen LogP contribution in [0.1, 0.15) is 22.3 Å². The van der Waals surface area contributed by atoms with Crippen molar-refractivity contribution in [2.45, 2.75) is 27.7 Å². The number of phenols is 2. The van der Waals surface area contributed by atoms with Crippen LogP contribution >= 0.6 is 0 Å². The number of rotatable bonds is 3. The monoisotopic (exact) mass is 596 g/mol. The zero-order valence-electron chi connectivity index (χ0n) is 27.0. The summed E-state index contributed by atoms with van der Waals surface area (Å²) in [4.78, 5) is 0. The lowest BCUT2D eigenvalue weighted by molar-refractivity contribution is 0.450. The van der Waals surface area contributed by atoms with Crippen LogP contribution in [0, 0.1) is 27.7 Å². The highest BCUT2D eigenvalue weighted by Crippen LogP contribution is 2.44. The summed E-state index contributed by atoms with van der Waals surface area (Å²) in [6, 6.07) is 34.4. The summed E-state index contributed by atoms with van der Waals surface area (Å²) in [5, 5.41) is 26.9. The second-order valence-corrected chi connectivity index (χ2v) is 12.7. The van der Waals surface area contributed by atoms with Crippen LogP contribution in [0.4, 0.5) is 0 Å². The Morgan fingerprint density at radius 3 is 1.98 bits per heavy atom. The first kappa shape index (κ1) is 28.1. The van der Waals surface area contributed by atoms with Gasteiger partial charge in [0.1, 0.15) is 27.2 Å². The number of hydrogen-bond acceptors (Lipinski definition) is 2. The zero-order chi connectivity index (χ0) is 32.0. The number of fused-ring (bicyclic) bond motifs is 6. The molecule has 222 valence electrons. The third-order valence-electron chi connectivity index (χ3n) is 10.4. The number of aromatic hydroxyl groups is 2. The van der Waals surface area contributed by atoms with Gasteiger partial charge in [-0.25, -0.2) is 0 Å². The minimum atomic E-state index is 0.132. The molecule has 8 aromatic rings. The minimum Gasteiger partial charge on any atom is -0.508 e. The van der Waals surface area contributed by atoms with Crippen molar-refractivity contribution in [2.24, 2.45) is 0 Å². The summed E-state index contributed by atoms with van der Waals surface area (Å²) >= 11 is 0. The van der Waals surface area contributed by atoms with Gasteiger partial charge in [-0.15, -0.1) is 0 Å². The van der Waals surface area contributed by atoms with Crippen molar-refractivity contribution in [1.29, 1.82) is 0 Å². The Kier molecular flexibility index (Phi) is 6.17. The molecule has 0 bridgehead atoms. The molecule has 0 spiro atoms. The maximum atomic E-state index is 11.6. The first-order valence-corrected chi connectivity index (χ1v) is 15.8. The van der Waals surface area contributed by atoms with E-state index in [-0.39, 0.29) is 11.5 Å². The van der Waals surface area contributed by atoms with Crippen molar-refractivity contribution >= 4 is 70.2 Å². The summed E-state index contributed by atoms with van der Waals surface area (Å²) in [5.41, 5.74) is 14.7. The second-order valence-electron chi connectivity index (χ2n) is 12.7. The molecule has 0 aliphatic carbocycles. The number of aromatic nitrogens is 2. The van der Waals surface area contributed by atoms with Crippen LogP contribution in [0.25, 0.3) is 66.1 Å². The maximum Gasteiger partial charge on any atom is 0.147 e. The molecule has 0 amide bonds. The van der Waals surface area contributed by atoms with Gasteiger partial charge in [0, 0.05) is 38.4 Å². The Hall–Kier alpha value is -5.35. The molecule has 0 unspecified atom stereocenters. The van der Waals surface area contributed by atoms with Gasteiger partial charge >= 0.3 is 0 Å². The zero-order valence-corrected chi connectivity index (χ0v) is 27.0. The molecule has 0 saturated heterocycles. The van der Waals surface area contributed by atoms with Crippen molar-refractivity contribution in [2.75, 3.05) is 0 Å². The van der Waals surface area contributed by atoms with Gasteiger partial charge in [-0.05, 0) is 80.2 Å². The molecule has 8 rings (SSSR count). The molecular formula is C40H34B2N2O2. The average molecular weight is 596 g/mol. The van der Waals surface area contributed by atoms with Gasteiger partial charge in [0.15, 0.2) is 0 Å². The first-order valence-electron chi connectivity index (χ1n) is 15.8. The van der Waals surface area contributed by atoms with E-state index in [2.05, 4.69) is 135 Å². The molecule has 2 N–H and O–H groups in total. The van der Waals surface area contributed by atoms with E-state index < -0.39 is 0 Å². The average Bonchev–Trinajstić information content (AvgIpc) is 3.62. The summed E-state index contributed by atoms with van der Waals surface area (Å²) < 4.78 is 4.63. The highest BCUT2D eigenvalue weighted by atomic mass is 16.3. The Morgan fingerprint density at radius 1 is 0.522 bits per heavy atom. The molecule has 0 saturated carbocycles. The van der Waals surface area contributed by atoms with E-state index in [0.29, 0.717) is 5.56 Å². The molecule has 0 aliphatic heterocycles. The minimum absolute atomic E-state index is 0.132. The molecule has 4 nitrogen and oxygen atoms in total. The molecule has 0 fully saturated rings. The summed E-state index contributed by atoms with van der Waals surface area (Å²) in [7, 11) is 4.11. The van der Waals surface area contributed by atoms with Crippen molar-refractivity contribution in [3.05, 3.63) is 119 Å². The van der Waals surface area contributed by atoms with Crippen LogP contribution in [0.15, 0.2) is 97.1 Å². The molecule has 0 atom stereocenters. The Balaban J connectivity index is 1.51. The Morgan fingerprint density at radius 2 is 1.20 bits per heavy atom. The van der Waals surface area contributed by atoms with Crippen LogP contribution in [-0.4, -0.2) is 35.0 Å². The molecule has 0 radical (unpaired) electrons. The van der Waals surface area contributed by atoms with Crippen LogP contribution in [0.5, 0.6) is 11.5 Å². The van der Waals surface area contributed by atoms with Gasteiger partial charge in [-0.3, -0.25) is 0 Å². The standard InChI is InChI=1S/C40H34B2N2O2/c1-21-22(2)37-33(23(3)35(21)41)34-38(36(42)40(46)24(4)39(34)45)43(37)26-18-19-32-29(20-26)28-15-9-11-17-31(28)44(32)30-16-10-8-14-27(30)25-12-6-5-7-13-25/h5-20,45-46H,41-42H2,1-4H3. The fraction of sp³-hybridized carbons (Fsp3) is 0.100. The second kappa shape index (κ2) is 10.1. The van der Waals surface area contributed by atoms with E-state index in [1.165, 1.54) is 33.1 Å². The van der Waals surface area contributed by atoms with Crippen LogP contribution < -0.4 is 10.9 Å². The normalized spacial score (nSPS) is 11.8. The quantitative estimate of drug-likeness (QED) is 0.223. The number of para-hydroxylation sites is 2. The van der Waals surface area contributed by atoms with E-state index in [0.717, 1.165) is 60.6 Å². The van der Waals surface area contributed by atoms with Crippen LogP contribution in [0.3, 0.4) is 0 Å². The van der Waals surface area contributed by atoms with E-state index in [1.807, 2.05) is 7.85 Å². The van der Waals surface area contributed by atoms with Gasteiger partial charge in [0.05, 0.1) is 27.8 Å². The van der Waals surface area contributed by atoms with Gasteiger partial charge in [0.25, 0.3) is 0 Å². The van der Waals surface area contributed by atoms with Gasteiger partial charge in [0.2, 0.25) is 0 Å². The molecule has 6 aromatic carbocycles. The van der Waals surface area contributed by atoms with E-state index in [9.17, 15) is 10.2 Å². The largest absolute Gasteiger partial charge is 0.508 e. The van der Waals surface area contributed by atoms with Crippen molar-refractivity contribution in [1.82, 2.24) is 9.13 Å². The van der Waals surface area contributed by atoms with Crippen LogP contribution in [0.2, 0.25) is 0 Å². The van der Waals surface area contributed by atoms with Gasteiger partial charge < -0.3 is 19.3 Å². The number of nitrogens with zero attached hydrogens (tertiary/aromatic N) is 2. The highest BCUT2D eigenvalue weighted by molar-refractivity contribution is 6.44. The van der Waals surface area contributed by atoms with E-state index >= 15 is 0 Å². The lowest BCUT2D eigenvalue weighted by atomic mass is 9.81. The Bertz CT molecular complexity index is 2480. The topological polar surface area (TPSA) is 50.3 Å². The Labute approximate surface area is 270 Å². The van der Waals surface area contributed by atoms with Crippen molar-refractivity contribution in [3.63, 3.8) is 0 Å². The smallest absolute Gasteiger partial charge is 0.147 e. The fourth-order valence-corrected chi connectivity index (χ4v) is 7.65. The predicted octanol–water partition coefficient (Wildman–Crippen LogP) is 6.71. The fourth-order valence-electron chi connectivity index (χ4n) is 7.65. The lowest BCUT2D eigenvalue weighted by Crippen LogP contribution is -2.14. The third-order valence-corrected chi connectivity index (χ3v) is 10.4. The van der Waals surface area contributed by atoms with Gasteiger partial charge in [-0.2, -0.15) is 0 Å². The predicted molar refractivity (Wildman–Crippen MR) is 199 cm³/mol. The maximum absolute atomic E-state index is 11.6. The molecule has 0 aliphatic rings. The molecule has 6 heteroatoms. The van der Waals surface area contributed by atoms with Gasteiger partial charge in [-0.1, -0.05) is 77.8 Å². The molecule has 2 heterocycles. The molecule has 46 heavy (non-hydrogen) atoms. The number of benzene rings is 6. The molecule has 2 aromatic heterocycles. The number of phenolic OH excluding ortho intramolecular Hbond substituents is 2. The number of aryl methyl sites for hydroxylation is 2. The first-order chi connectivity index (χ1) is 22.2. The summed E-state index contributed by atoms with van der Waals surface area (Å²) in [5.74, 6) is 0.274. The molecular weight excluding hydrogens is 562 g/mol. The number of hydrogen-bond donors (Lipinski definition) is 2. The summed E-state index contributed by atoms with van der Waals surface area (Å²) in [6.07, 6.45) is 0. The lowest BCUT2D eigenvalue weighted by Gasteiger charge is -2.16. The van der Waals surface area contributed by atoms with Crippen molar-refractivity contribution in [3.8, 4) is 34.0 Å². The third kappa shape index (κ3) is 3.70. The van der Waals surface area contributed by atoms with E-state index in [4.69, 9.17) is 0 Å². The SMILES string of the molecule is Bc1c(C)c(C)c2c(c1C)c1c(O)c(C)c(O)c(B)c1n2-c1ccc2c(c1)c1ccccc1n2-c1ccccc1-c1ccccc1. The van der Waals surface area contributed by atoms with Crippen LogP contribution in [-0.2, 0) is 0 Å².